The zero-order valence-electron chi connectivity index (χ0n) is 7.44. The zero-order valence-corrected chi connectivity index (χ0v) is 8.44. The van der Waals surface area contributed by atoms with Gasteiger partial charge in [-0.1, -0.05) is 39.3 Å². The van der Waals surface area contributed by atoms with Gasteiger partial charge in [-0.3, -0.25) is 0 Å². The Bertz CT molecular complexity index is 241. The van der Waals surface area contributed by atoms with Crippen LogP contribution in [-0.2, 0) is 6.42 Å². The lowest BCUT2D eigenvalue weighted by Crippen LogP contribution is -2.02. The van der Waals surface area contributed by atoms with Crippen LogP contribution in [0.2, 0.25) is 0 Å². The Morgan fingerprint density at radius 2 is 2.09 bits per heavy atom. The molecule has 1 unspecified atom stereocenters. The van der Waals surface area contributed by atoms with Gasteiger partial charge in [0.25, 0.3) is 0 Å². The largest absolute Gasteiger partial charge is 0.0933 e. The van der Waals surface area contributed by atoms with E-state index in [1.165, 1.54) is 16.4 Å². The van der Waals surface area contributed by atoms with E-state index in [1.54, 1.807) is 0 Å². The van der Waals surface area contributed by atoms with Gasteiger partial charge in [-0.15, -0.1) is 0 Å². The number of rotatable bonds is 2. The number of aryl methyl sites for hydroxylation is 2. The highest BCUT2D eigenvalue weighted by molar-refractivity contribution is 7.46. The highest BCUT2D eigenvalue weighted by Crippen LogP contribution is 2.11. The first kappa shape index (κ1) is 8.74. The third-order valence-corrected chi connectivity index (χ3v) is 2.92. The molecular weight excluding hydrogens is 151 g/mol. The van der Waals surface area contributed by atoms with Gasteiger partial charge in [0.2, 0.25) is 0 Å². The van der Waals surface area contributed by atoms with Crippen LogP contribution in [0.3, 0.4) is 0 Å². The van der Waals surface area contributed by atoms with Gasteiger partial charge in [0, 0.05) is 0 Å². The minimum Gasteiger partial charge on any atom is -0.0933 e. The fourth-order valence-electron chi connectivity index (χ4n) is 1.23. The van der Waals surface area contributed by atoms with Crippen LogP contribution in [0.5, 0.6) is 0 Å². The summed E-state index contributed by atoms with van der Waals surface area (Å²) in [5.41, 5.74) is 2.89. The molecule has 0 aliphatic rings. The smallest absolute Gasteiger partial charge is 0.0240 e. The Morgan fingerprint density at radius 3 is 2.64 bits per heavy atom. The number of hydrogen-bond acceptors (Lipinski definition) is 0. The van der Waals surface area contributed by atoms with Crippen LogP contribution >= 0.6 is 8.58 Å². The molecule has 0 aliphatic heterocycles. The maximum Gasteiger partial charge on any atom is -0.0240 e. The molecule has 1 rings (SSSR count). The van der Waals surface area contributed by atoms with Gasteiger partial charge in [0.1, 0.15) is 0 Å². The molecule has 0 bridgehead atoms. The van der Waals surface area contributed by atoms with Gasteiger partial charge in [-0.05, 0) is 30.9 Å². The molecular formula is C10H15P. The first-order valence-corrected chi connectivity index (χ1v) is 5.55. The summed E-state index contributed by atoms with van der Waals surface area (Å²) >= 11 is 0. The lowest BCUT2D eigenvalue weighted by Gasteiger charge is -2.05. The monoisotopic (exact) mass is 166 g/mol. The third-order valence-electron chi connectivity index (χ3n) is 1.92. The van der Waals surface area contributed by atoms with E-state index in [0.29, 0.717) is 0 Å². The van der Waals surface area contributed by atoms with Crippen LogP contribution in [0, 0.1) is 6.92 Å². The molecule has 1 heteroatoms. The fraction of sp³-hybridized carbons (Fsp3) is 0.400. The molecule has 1 aromatic carbocycles. The van der Waals surface area contributed by atoms with Crippen molar-refractivity contribution in [2.75, 3.05) is 6.66 Å². The second-order valence-corrected chi connectivity index (χ2v) is 3.80. The summed E-state index contributed by atoms with van der Waals surface area (Å²) in [5, 5.41) is 1.53. The van der Waals surface area contributed by atoms with E-state index in [2.05, 4.69) is 38.7 Å². The number of hydrogen-bond donors (Lipinski definition) is 0. The second-order valence-electron chi connectivity index (χ2n) is 2.76. The Hall–Kier alpha value is -0.350. The summed E-state index contributed by atoms with van der Waals surface area (Å²) in [7, 11) is 0.932. The Morgan fingerprint density at radius 1 is 1.36 bits per heavy atom. The van der Waals surface area contributed by atoms with E-state index < -0.39 is 0 Å². The lowest BCUT2D eigenvalue weighted by atomic mass is 10.1. The first-order chi connectivity index (χ1) is 5.27. The SMILES string of the molecule is CCc1ccc(C)cc1PC. The Balaban J connectivity index is 3.06. The Labute approximate surface area is 70.8 Å². The average molecular weight is 166 g/mol. The van der Waals surface area contributed by atoms with Crippen LogP contribution in [0.4, 0.5) is 0 Å². The highest BCUT2D eigenvalue weighted by Gasteiger charge is 1.97. The minimum atomic E-state index is 0.932. The third kappa shape index (κ3) is 2.04. The molecule has 0 spiro atoms. The second kappa shape index (κ2) is 3.88. The summed E-state index contributed by atoms with van der Waals surface area (Å²) in [6, 6.07) is 6.75. The number of benzene rings is 1. The molecule has 60 valence electrons. The molecule has 1 aromatic rings. The highest BCUT2D eigenvalue weighted by atomic mass is 31.1. The van der Waals surface area contributed by atoms with E-state index in [1.807, 2.05) is 0 Å². The summed E-state index contributed by atoms with van der Waals surface area (Å²) < 4.78 is 0. The molecule has 0 heterocycles. The zero-order chi connectivity index (χ0) is 8.27. The van der Waals surface area contributed by atoms with Crippen molar-refractivity contribution in [3.8, 4) is 0 Å². The van der Waals surface area contributed by atoms with E-state index in [0.717, 1.165) is 15.0 Å². The van der Waals surface area contributed by atoms with E-state index >= 15 is 0 Å². The van der Waals surface area contributed by atoms with Crippen molar-refractivity contribution in [2.45, 2.75) is 20.3 Å². The predicted molar refractivity (Wildman–Crippen MR) is 54.4 cm³/mol. The summed E-state index contributed by atoms with van der Waals surface area (Å²) in [6.45, 7) is 6.62. The molecule has 0 fully saturated rings. The molecule has 0 aliphatic carbocycles. The molecule has 0 nitrogen and oxygen atoms in total. The quantitative estimate of drug-likeness (QED) is 0.592. The van der Waals surface area contributed by atoms with Gasteiger partial charge >= 0.3 is 0 Å². The standard InChI is InChI=1S/C10H15P/c1-4-9-6-5-8(2)7-10(9)11-3/h5-7,11H,4H2,1-3H3. The Kier molecular flexibility index (Phi) is 3.08. The van der Waals surface area contributed by atoms with Gasteiger partial charge < -0.3 is 0 Å². The molecule has 0 N–H and O–H groups in total. The normalized spacial score (nSPS) is 11.2. The molecule has 11 heavy (non-hydrogen) atoms. The van der Waals surface area contributed by atoms with Crippen LogP contribution in [0.15, 0.2) is 18.2 Å². The van der Waals surface area contributed by atoms with Crippen LogP contribution in [-0.4, -0.2) is 6.66 Å². The summed E-state index contributed by atoms with van der Waals surface area (Å²) in [5.74, 6) is 0. The van der Waals surface area contributed by atoms with E-state index in [9.17, 15) is 0 Å². The van der Waals surface area contributed by atoms with E-state index in [-0.39, 0.29) is 0 Å². The van der Waals surface area contributed by atoms with Crippen molar-refractivity contribution in [1.82, 2.24) is 0 Å². The molecule has 0 aromatic heterocycles. The van der Waals surface area contributed by atoms with Gasteiger partial charge in [0.05, 0.1) is 0 Å². The van der Waals surface area contributed by atoms with E-state index in [4.69, 9.17) is 0 Å². The minimum absolute atomic E-state index is 0.932. The molecule has 0 saturated heterocycles. The van der Waals surface area contributed by atoms with Crippen molar-refractivity contribution in [1.29, 1.82) is 0 Å². The van der Waals surface area contributed by atoms with Gasteiger partial charge in [0.15, 0.2) is 0 Å². The van der Waals surface area contributed by atoms with Crippen molar-refractivity contribution in [3.05, 3.63) is 29.3 Å². The van der Waals surface area contributed by atoms with Crippen LogP contribution < -0.4 is 5.30 Å². The molecule has 0 radical (unpaired) electrons. The summed E-state index contributed by atoms with van der Waals surface area (Å²) in [6.07, 6.45) is 1.16. The molecule has 0 amide bonds. The van der Waals surface area contributed by atoms with Crippen molar-refractivity contribution in [3.63, 3.8) is 0 Å². The maximum absolute atomic E-state index is 2.30. The molecule has 1 atom stereocenters. The predicted octanol–water partition coefficient (Wildman–Crippen LogP) is 2.49. The lowest BCUT2D eigenvalue weighted by molar-refractivity contribution is 1.15. The average Bonchev–Trinajstić information content (AvgIpc) is 2.04. The van der Waals surface area contributed by atoms with Crippen molar-refractivity contribution in [2.24, 2.45) is 0 Å². The fourth-order valence-corrected chi connectivity index (χ4v) is 2.18. The van der Waals surface area contributed by atoms with Gasteiger partial charge in [-0.2, -0.15) is 0 Å². The van der Waals surface area contributed by atoms with Crippen LogP contribution in [0.1, 0.15) is 18.1 Å². The first-order valence-electron chi connectivity index (χ1n) is 4.05. The van der Waals surface area contributed by atoms with Crippen molar-refractivity contribution >= 4 is 13.9 Å². The summed E-state index contributed by atoms with van der Waals surface area (Å²) in [4.78, 5) is 0. The maximum atomic E-state index is 2.30. The topological polar surface area (TPSA) is 0 Å². The molecule has 0 saturated carbocycles. The van der Waals surface area contributed by atoms with Gasteiger partial charge in [-0.25, -0.2) is 0 Å². The van der Waals surface area contributed by atoms with Crippen LogP contribution in [0.25, 0.3) is 0 Å². The van der Waals surface area contributed by atoms with Crippen molar-refractivity contribution < 1.29 is 0 Å².